The third-order valence-corrected chi connectivity index (χ3v) is 5.88. The Hall–Kier alpha value is -2.78. The number of amides is 2. The summed E-state index contributed by atoms with van der Waals surface area (Å²) in [6.45, 7) is 5.50. The summed E-state index contributed by atoms with van der Waals surface area (Å²) in [5.74, 6) is 0.0136. The van der Waals surface area contributed by atoms with Gasteiger partial charge in [-0.3, -0.25) is 9.59 Å². The van der Waals surface area contributed by atoms with E-state index >= 15 is 0 Å². The number of benzene rings is 1. The van der Waals surface area contributed by atoms with Crippen molar-refractivity contribution >= 4 is 34.2 Å². The molecule has 2 heterocycles. The third-order valence-electron chi connectivity index (χ3n) is 4.95. The van der Waals surface area contributed by atoms with Crippen LogP contribution in [-0.2, 0) is 20.9 Å². The number of carbonyl (C=O) groups is 2. The van der Waals surface area contributed by atoms with Crippen molar-refractivity contribution in [2.24, 2.45) is 5.92 Å². The van der Waals surface area contributed by atoms with Crippen molar-refractivity contribution in [2.45, 2.75) is 32.9 Å². The molecule has 1 atom stereocenters. The standard InChI is InChI=1S/C22H29N5O3S/c1-16(2)10-12-26(20(28)15-27-18-8-5-4-7-17(18)24-25-27)21(19-9-6-14-31-19)22(29)23-11-13-30-3/h4-9,14,16,21H,10-13,15H2,1-3H3,(H,23,29). The van der Waals surface area contributed by atoms with E-state index in [1.54, 1.807) is 16.7 Å². The normalized spacial score (nSPS) is 12.3. The number of para-hydroxylation sites is 1. The highest BCUT2D eigenvalue weighted by atomic mass is 32.1. The predicted octanol–water partition coefficient (Wildman–Crippen LogP) is 2.87. The van der Waals surface area contributed by atoms with E-state index in [0.29, 0.717) is 25.6 Å². The number of fused-ring (bicyclic) bond motifs is 1. The smallest absolute Gasteiger partial charge is 0.248 e. The van der Waals surface area contributed by atoms with E-state index < -0.39 is 6.04 Å². The van der Waals surface area contributed by atoms with Gasteiger partial charge in [0.15, 0.2) is 0 Å². The molecule has 8 nitrogen and oxygen atoms in total. The van der Waals surface area contributed by atoms with E-state index in [-0.39, 0.29) is 18.4 Å². The van der Waals surface area contributed by atoms with Gasteiger partial charge in [-0.1, -0.05) is 37.3 Å². The molecule has 3 rings (SSSR count). The van der Waals surface area contributed by atoms with Crippen molar-refractivity contribution in [2.75, 3.05) is 26.8 Å². The Morgan fingerprint density at radius 1 is 1.23 bits per heavy atom. The van der Waals surface area contributed by atoms with Crippen molar-refractivity contribution in [3.8, 4) is 0 Å². The lowest BCUT2D eigenvalue weighted by Gasteiger charge is -2.31. The topological polar surface area (TPSA) is 89.4 Å². The van der Waals surface area contributed by atoms with Crippen LogP contribution in [0.15, 0.2) is 41.8 Å². The van der Waals surface area contributed by atoms with Crippen LogP contribution in [-0.4, -0.2) is 58.5 Å². The number of nitrogens with zero attached hydrogens (tertiary/aromatic N) is 4. The van der Waals surface area contributed by atoms with Gasteiger partial charge < -0.3 is 15.0 Å². The highest BCUT2D eigenvalue weighted by molar-refractivity contribution is 7.10. The first-order valence-corrected chi connectivity index (χ1v) is 11.3. The summed E-state index contributed by atoms with van der Waals surface area (Å²) in [7, 11) is 1.59. The van der Waals surface area contributed by atoms with Crippen molar-refractivity contribution < 1.29 is 14.3 Å². The molecular formula is C22H29N5O3S. The van der Waals surface area contributed by atoms with Crippen LogP contribution >= 0.6 is 11.3 Å². The van der Waals surface area contributed by atoms with Gasteiger partial charge in [0.05, 0.1) is 12.1 Å². The lowest BCUT2D eigenvalue weighted by atomic mass is 10.1. The van der Waals surface area contributed by atoms with E-state index in [1.165, 1.54) is 11.3 Å². The van der Waals surface area contributed by atoms with Crippen LogP contribution in [0.5, 0.6) is 0 Å². The van der Waals surface area contributed by atoms with Crippen molar-refractivity contribution in [1.29, 1.82) is 0 Å². The molecule has 166 valence electrons. The summed E-state index contributed by atoms with van der Waals surface area (Å²) >= 11 is 1.47. The third kappa shape index (κ3) is 5.89. The molecule has 0 saturated carbocycles. The summed E-state index contributed by atoms with van der Waals surface area (Å²) < 4.78 is 6.64. The minimum atomic E-state index is -0.696. The number of methoxy groups -OCH3 is 1. The first-order chi connectivity index (χ1) is 15.0. The Kier molecular flexibility index (Phi) is 8.13. The molecule has 2 aromatic heterocycles. The molecule has 3 aromatic rings. The monoisotopic (exact) mass is 443 g/mol. The summed E-state index contributed by atoms with van der Waals surface area (Å²) in [5.41, 5.74) is 1.52. The molecule has 1 unspecified atom stereocenters. The average molecular weight is 444 g/mol. The fraction of sp³-hybridized carbons (Fsp3) is 0.455. The zero-order valence-electron chi connectivity index (χ0n) is 18.2. The predicted molar refractivity (Wildman–Crippen MR) is 121 cm³/mol. The number of carbonyl (C=O) groups excluding carboxylic acids is 2. The van der Waals surface area contributed by atoms with E-state index in [2.05, 4.69) is 29.5 Å². The second-order valence-electron chi connectivity index (χ2n) is 7.71. The van der Waals surface area contributed by atoms with Crippen molar-refractivity contribution in [1.82, 2.24) is 25.2 Å². The SMILES string of the molecule is COCCNC(=O)C(c1cccs1)N(CCC(C)C)C(=O)Cn1nnc2ccccc21. The summed E-state index contributed by atoms with van der Waals surface area (Å²) in [5, 5.41) is 13.1. The maximum Gasteiger partial charge on any atom is 0.248 e. The number of hydrogen-bond donors (Lipinski definition) is 1. The average Bonchev–Trinajstić information content (AvgIpc) is 3.41. The van der Waals surface area contributed by atoms with Crippen molar-refractivity contribution in [3.05, 3.63) is 46.7 Å². The largest absolute Gasteiger partial charge is 0.383 e. The fourth-order valence-corrected chi connectivity index (χ4v) is 4.13. The van der Waals surface area contributed by atoms with Crippen LogP contribution in [0.2, 0.25) is 0 Å². The number of thiophene rings is 1. The van der Waals surface area contributed by atoms with Gasteiger partial charge in [-0.15, -0.1) is 16.4 Å². The Morgan fingerprint density at radius 3 is 2.74 bits per heavy atom. The second-order valence-corrected chi connectivity index (χ2v) is 8.69. The number of hydrogen-bond acceptors (Lipinski definition) is 6. The number of ether oxygens (including phenoxy) is 1. The van der Waals surface area contributed by atoms with E-state index in [0.717, 1.165) is 22.3 Å². The minimum Gasteiger partial charge on any atom is -0.383 e. The molecule has 31 heavy (non-hydrogen) atoms. The van der Waals surface area contributed by atoms with Crippen LogP contribution in [0.1, 0.15) is 31.2 Å². The number of aromatic nitrogens is 3. The summed E-state index contributed by atoms with van der Waals surface area (Å²) in [6, 6.07) is 10.6. The van der Waals surface area contributed by atoms with Crippen LogP contribution in [0.4, 0.5) is 0 Å². The Bertz CT molecular complexity index is 986. The molecule has 0 saturated heterocycles. The maximum absolute atomic E-state index is 13.5. The fourth-order valence-electron chi connectivity index (χ4n) is 3.29. The highest BCUT2D eigenvalue weighted by Crippen LogP contribution is 2.27. The first kappa shape index (κ1) is 22.9. The zero-order chi connectivity index (χ0) is 22.2. The van der Waals surface area contributed by atoms with Gasteiger partial charge >= 0.3 is 0 Å². The Labute approximate surface area is 186 Å². The lowest BCUT2D eigenvalue weighted by Crippen LogP contribution is -2.46. The van der Waals surface area contributed by atoms with E-state index in [9.17, 15) is 9.59 Å². The van der Waals surface area contributed by atoms with Gasteiger partial charge in [0.25, 0.3) is 0 Å². The molecule has 0 spiro atoms. The van der Waals surface area contributed by atoms with Gasteiger partial charge in [-0.2, -0.15) is 0 Å². The van der Waals surface area contributed by atoms with Gasteiger partial charge in [-0.05, 0) is 35.9 Å². The Balaban J connectivity index is 1.88. The molecule has 0 aliphatic heterocycles. The quantitative estimate of drug-likeness (QED) is 0.460. The molecule has 1 aromatic carbocycles. The maximum atomic E-state index is 13.5. The molecule has 9 heteroatoms. The molecule has 0 bridgehead atoms. The molecule has 0 fully saturated rings. The Morgan fingerprint density at radius 2 is 2.03 bits per heavy atom. The summed E-state index contributed by atoms with van der Waals surface area (Å²) in [6.07, 6.45) is 0.789. The molecule has 0 radical (unpaired) electrons. The first-order valence-electron chi connectivity index (χ1n) is 10.4. The van der Waals surface area contributed by atoms with Gasteiger partial charge in [0.1, 0.15) is 18.1 Å². The molecule has 2 amide bonds. The van der Waals surface area contributed by atoms with Crippen LogP contribution in [0.3, 0.4) is 0 Å². The van der Waals surface area contributed by atoms with Gasteiger partial charge in [0.2, 0.25) is 11.8 Å². The van der Waals surface area contributed by atoms with Crippen LogP contribution < -0.4 is 5.32 Å². The van der Waals surface area contributed by atoms with E-state index in [1.807, 2.05) is 41.8 Å². The molecular weight excluding hydrogens is 414 g/mol. The van der Waals surface area contributed by atoms with Crippen LogP contribution in [0.25, 0.3) is 11.0 Å². The van der Waals surface area contributed by atoms with E-state index in [4.69, 9.17) is 4.74 Å². The zero-order valence-corrected chi connectivity index (χ0v) is 19.0. The molecule has 1 N–H and O–H groups in total. The van der Waals surface area contributed by atoms with Crippen LogP contribution in [0, 0.1) is 5.92 Å². The lowest BCUT2D eigenvalue weighted by molar-refractivity contribution is -0.141. The van der Waals surface area contributed by atoms with Crippen molar-refractivity contribution in [3.63, 3.8) is 0 Å². The highest BCUT2D eigenvalue weighted by Gasteiger charge is 2.32. The summed E-state index contributed by atoms with van der Waals surface area (Å²) in [4.78, 5) is 29.1. The van der Waals surface area contributed by atoms with Gasteiger partial charge in [0, 0.05) is 25.1 Å². The molecule has 0 aliphatic carbocycles. The number of nitrogens with one attached hydrogen (secondary N) is 1. The van der Waals surface area contributed by atoms with Gasteiger partial charge in [-0.25, -0.2) is 4.68 Å². The molecule has 0 aliphatic rings. The number of rotatable bonds is 11. The minimum absolute atomic E-state index is 0.0197. The second kappa shape index (κ2) is 11.0.